The van der Waals surface area contributed by atoms with Gasteiger partial charge in [0.25, 0.3) is 0 Å². The first-order chi connectivity index (χ1) is 72.7. The van der Waals surface area contributed by atoms with Crippen LogP contribution in [0.25, 0.3) is 11.1 Å². The first kappa shape index (κ1) is 159. The Bertz CT molecular complexity index is 3320. The molecule has 4 fully saturated rings. The van der Waals surface area contributed by atoms with Crippen LogP contribution in [0, 0.1) is 0 Å². The molecule has 4 heterocycles. The molecule has 4 saturated heterocycles. The Labute approximate surface area is 909 Å². The molecule has 16 nitrogen and oxygen atoms in total. The van der Waals surface area contributed by atoms with Crippen molar-refractivity contribution >= 4 is 0 Å². The van der Waals surface area contributed by atoms with Crippen molar-refractivity contribution < 1.29 is 77.3 Å². The number of benzene rings is 11. The molecule has 4 aliphatic heterocycles. The second kappa shape index (κ2) is 138. The molecule has 11 aromatic rings. The van der Waals surface area contributed by atoms with E-state index < -0.39 is 0 Å². The molecule has 0 bridgehead atoms. The summed E-state index contributed by atoms with van der Waals surface area (Å²) in [5.41, 5.74) is 13.5. The zero-order valence-corrected chi connectivity index (χ0v) is 99.6. The van der Waals surface area contributed by atoms with E-state index in [-0.39, 0.29) is 24.4 Å². The highest BCUT2D eigenvalue weighted by Crippen LogP contribution is 2.19. The lowest BCUT2D eigenvalue weighted by atomic mass is 10.1. The maximum atomic E-state index is 8.92. The van der Waals surface area contributed by atoms with Gasteiger partial charge in [-0.05, 0) is 107 Å². The first-order valence-electron chi connectivity index (χ1n) is 55.3. The molecule has 842 valence electrons. The summed E-state index contributed by atoms with van der Waals surface area (Å²) >= 11 is 0. The van der Waals surface area contributed by atoms with Crippen molar-refractivity contribution in [3.05, 3.63) is 384 Å². The van der Waals surface area contributed by atoms with E-state index in [0.717, 1.165) is 130 Å². The monoisotopic (exact) mass is 2060 g/mol. The van der Waals surface area contributed by atoms with Crippen LogP contribution >= 0.6 is 0 Å². The number of aliphatic hydroxyl groups is 4. The van der Waals surface area contributed by atoms with Crippen molar-refractivity contribution in [1.82, 2.24) is 0 Å². The summed E-state index contributed by atoms with van der Waals surface area (Å²) in [7, 11) is 13.1. The van der Waals surface area contributed by atoms with Crippen molar-refractivity contribution in [1.29, 1.82) is 0 Å². The number of hydrogen-bond donors (Lipinski definition) is 4. The van der Waals surface area contributed by atoms with Crippen molar-refractivity contribution in [3.63, 3.8) is 0 Å². The summed E-state index contributed by atoms with van der Waals surface area (Å²) in [6, 6.07) is 117. The molecule has 4 N–H and O–H groups in total. The number of hydrogen-bond acceptors (Lipinski definition) is 16. The molecule has 0 spiro atoms. The summed E-state index contributed by atoms with van der Waals surface area (Å²) in [6.07, 6.45) is 12.2. The van der Waals surface area contributed by atoms with Gasteiger partial charge in [0.1, 0.15) is 24.4 Å². The van der Waals surface area contributed by atoms with Crippen LogP contribution in [-0.2, 0) is 82.5 Å². The van der Waals surface area contributed by atoms with Crippen molar-refractivity contribution in [3.8, 4) is 11.1 Å². The van der Waals surface area contributed by atoms with Crippen LogP contribution in [0.3, 0.4) is 0 Å². The van der Waals surface area contributed by atoms with E-state index in [9.17, 15) is 0 Å². The van der Waals surface area contributed by atoms with E-state index >= 15 is 0 Å². The van der Waals surface area contributed by atoms with Gasteiger partial charge < -0.3 is 77.3 Å². The molecule has 148 heavy (non-hydrogen) atoms. The lowest BCUT2D eigenvalue weighted by Crippen LogP contribution is -2.12. The zero-order chi connectivity index (χ0) is 113. The molecule has 0 aliphatic carbocycles. The van der Waals surface area contributed by atoms with Gasteiger partial charge in [-0.1, -0.05) is 545 Å². The normalized spacial score (nSPS) is 13.0. The maximum Gasteiger partial charge on any atom is 0.104 e. The topological polar surface area (TPSA) is 205 Å². The van der Waals surface area contributed by atoms with E-state index in [0.29, 0.717) is 50.8 Å². The molecule has 4 aliphatic rings. The predicted molar refractivity (Wildman–Crippen MR) is 644 cm³/mol. The zero-order valence-electron chi connectivity index (χ0n) is 99.6. The van der Waals surface area contributed by atoms with E-state index in [2.05, 4.69) is 291 Å². The molecular weight excluding hydrogens is 1840 g/mol. The lowest BCUT2D eigenvalue weighted by Gasteiger charge is -2.05. The van der Waals surface area contributed by atoms with Crippen LogP contribution in [0.15, 0.2) is 340 Å². The highest BCUT2D eigenvalue weighted by Gasteiger charge is 2.23. The van der Waals surface area contributed by atoms with Gasteiger partial charge in [0.05, 0.1) is 104 Å². The van der Waals surface area contributed by atoms with Gasteiger partial charge in [-0.25, -0.2) is 0 Å². The summed E-state index contributed by atoms with van der Waals surface area (Å²) in [6.45, 7) is 60.7. The largest absolute Gasteiger partial charge is 0.391 e. The van der Waals surface area contributed by atoms with Gasteiger partial charge >= 0.3 is 0 Å². The quantitative estimate of drug-likeness (QED) is 0.0282. The fourth-order valence-electron chi connectivity index (χ4n) is 11.2. The minimum Gasteiger partial charge on any atom is -0.391 e. The number of ether oxygens (including phenoxy) is 12. The van der Waals surface area contributed by atoms with E-state index in [1.54, 1.807) is 56.9 Å². The number of rotatable bonds is 33. The molecular formula is C132H218O16. The number of methoxy groups -OCH3 is 8. The smallest absolute Gasteiger partial charge is 0.104 e. The molecule has 8 atom stereocenters. The minimum absolute atomic E-state index is 0.259. The van der Waals surface area contributed by atoms with Gasteiger partial charge in [-0.15, -0.1) is 0 Å². The summed E-state index contributed by atoms with van der Waals surface area (Å²) in [5.74, 6) is 0. The molecule has 8 unspecified atom stereocenters. The average Bonchev–Trinajstić information content (AvgIpc) is 1.01. The third-order valence-corrected chi connectivity index (χ3v) is 17.9. The first-order valence-corrected chi connectivity index (χ1v) is 55.3. The van der Waals surface area contributed by atoms with Gasteiger partial charge in [-0.3, -0.25) is 0 Å². The van der Waals surface area contributed by atoms with Gasteiger partial charge in [0.2, 0.25) is 0 Å². The highest BCUT2D eigenvalue weighted by molar-refractivity contribution is 5.62. The summed E-state index contributed by atoms with van der Waals surface area (Å²) < 4.78 is 57.1. The Morgan fingerprint density at radius 3 is 0.385 bits per heavy atom. The van der Waals surface area contributed by atoms with Crippen LogP contribution in [-0.4, -0.2) is 205 Å². The van der Waals surface area contributed by atoms with Gasteiger partial charge in [0, 0.05) is 56.9 Å². The van der Waals surface area contributed by atoms with E-state index in [1.165, 1.54) is 55.6 Å². The molecule has 0 aromatic heterocycles. The number of aliphatic hydroxyl groups excluding tert-OH is 4. The molecule has 15 rings (SSSR count). The molecule has 0 radical (unpaired) electrons. The second-order valence-corrected chi connectivity index (χ2v) is 29.7. The average molecular weight is 2060 g/mol. The van der Waals surface area contributed by atoms with Gasteiger partial charge in [0.15, 0.2) is 0 Å². The van der Waals surface area contributed by atoms with Gasteiger partial charge in [-0.2, -0.15) is 0 Å². The Kier molecular flexibility index (Phi) is 148. The minimum atomic E-state index is -0.259. The predicted octanol–water partition coefficient (Wildman–Crippen LogP) is 32.7. The van der Waals surface area contributed by atoms with Crippen LogP contribution in [0.4, 0.5) is 0 Å². The van der Waals surface area contributed by atoms with E-state index in [4.69, 9.17) is 77.3 Å². The Morgan fingerprint density at radius 1 is 0.189 bits per heavy atom. The van der Waals surface area contributed by atoms with E-state index in [1.807, 2.05) is 229 Å². The Morgan fingerprint density at radius 2 is 0.297 bits per heavy atom. The highest BCUT2D eigenvalue weighted by atomic mass is 16.6. The van der Waals surface area contributed by atoms with Crippen LogP contribution in [0.2, 0.25) is 0 Å². The molecule has 0 amide bonds. The number of epoxide rings is 4. The van der Waals surface area contributed by atoms with Crippen LogP contribution < -0.4 is 0 Å². The third kappa shape index (κ3) is 120. The fourth-order valence-corrected chi connectivity index (χ4v) is 11.2. The van der Waals surface area contributed by atoms with Crippen molar-refractivity contribution in [2.75, 3.05) is 136 Å². The standard InChI is InChI=1S/4C13H12.C12H10.4C6H14O2.C6H6.4C4H8O2.11C2H6/c4*1-3-7-12(8-4-1)11-13-9-5-2-6-10-13;1-3-7-11(8-4-1)12-9-5-2-6-10-12;4*1-3-4-6(7)5-8-2;1-2-4-6-5-3-1;4*1-5-2-4-3-6-4;11*1-2/h4*1-10H,11H2;1-10H;4*6-7H,3-5H2,1-2H3;1-6H;4*4H,2-3H2,1H3;11*1-2H3. The van der Waals surface area contributed by atoms with Crippen LogP contribution in [0.1, 0.15) is 276 Å². The fraction of sp³-hybridized carbons (Fsp3) is 0.500. The molecule has 0 saturated carbocycles. The third-order valence-electron chi connectivity index (χ3n) is 17.9. The second-order valence-electron chi connectivity index (χ2n) is 29.7. The Hall–Kier alpha value is -9.22. The molecule has 11 aromatic carbocycles. The van der Waals surface area contributed by atoms with Crippen molar-refractivity contribution in [2.45, 2.75) is 306 Å². The van der Waals surface area contributed by atoms with Crippen LogP contribution in [0.5, 0.6) is 0 Å². The maximum absolute atomic E-state index is 8.92. The van der Waals surface area contributed by atoms with Crippen molar-refractivity contribution in [2.24, 2.45) is 0 Å². The summed E-state index contributed by atoms with van der Waals surface area (Å²) in [5, 5.41) is 35.7. The Balaban J connectivity index is -0.000000172. The SMILES string of the molecule is CC.CC.CC.CC.CC.CC.CC.CC.CC.CC.CC.CCCC(O)COC.CCCC(O)COC.CCCC(O)COC.CCCC(O)COC.COCC1CO1.COCC1CO1.COCC1CO1.COCC1CO1.c1ccc(-c2ccccc2)cc1.c1ccc(Cc2ccccc2)cc1.c1ccc(Cc2ccccc2)cc1.c1ccc(Cc2ccccc2)cc1.c1ccc(Cc2ccccc2)cc1.c1ccccc1. The lowest BCUT2D eigenvalue weighted by molar-refractivity contribution is 0.0588. The molecule has 16 heteroatoms. The summed E-state index contributed by atoms with van der Waals surface area (Å²) in [4.78, 5) is 0.